The minimum Gasteiger partial charge on any atom is -0.497 e. The average molecular weight is 487 g/mol. The highest BCUT2D eigenvalue weighted by Crippen LogP contribution is 2.45. The summed E-state index contributed by atoms with van der Waals surface area (Å²) in [6.07, 6.45) is 6.55. The van der Waals surface area contributed by atoms with Gasteiger partial charge in [-0.3, -0.25) is 19.3 Å². The minimum absolute atomic E-state index is 0.0826. The van der Waals surface area contributed by atoms with Crippen LogP contribution in [0, 0.1) is 0 Å². The fraction of sp³-hybridized carbons (Fsp3) is 0.333. The van der Waals surface area contributed by atoms with Gasteiger partial charge >= 0.3 is 6.03 Å². The molecule has 2 aromatic carbocycles. The Morgan fingerprint density at radius 3 is 2.15 bits per heavy atom. The molecule has 0 radical (unpaired) electrons. The van der Waals surface area contributed by atoms with Crippen LogP contribution in [0.25, 0.3) is 0 Å². The number of benzene rings is 2. The number of amides is 5. The third-order valence-electron chi connectivity index (χ3n) is 5.38. The summed E-state index contributed by atoms with van der Waals surface area (Å²) < 4.78 is 5.17. The van der Waals surface area contributed by atoms with Crippen LogP contribution in [0.4, 0.5) is 10.5 Å². The third-order valence-corrected chi connectivity index (χ3v) is 7.06. The number of methoxy groups -OCH3 is 1. The molecule has 0 aromatic heterocycles. The van der Waals surface area contributed by atoms with E-state index in [-0.39, 0.29) is 6.54 Å². The number of ether oxygens (including phenoxy) is 1. The second-order valence-electron chi connectivity index (χ2n) is 8.74. The predicted octanol–water partition coefficient (Wildman–Crippen LogP) is 2.44. The van der Waals surface area contributed by atoms with E-state index in [1.807, 2.05) is 24.3 Å². The van der Waals surface area contributed by atoms with Crippen LogP contribution in [0.15, 0.2) is 53.4 Å². The second kappa shape index (κ2) is 10.2. The maximum atomic E-state index is 13.2. The van der Waals surface area contributed by atoms with Crippen molar-refractivity contribution in [1.29, 1.82) is 0 Å². The largest absolute Gasteiger partial charge is 0.497 e. The molecule has 1 aliphatic rings. The van der Waals surface area contributed by atoms with Crippen molar-refractivity contribution >= 4 is 39.5 Å². The molecule has 1 heterocycles. The van der Waals surface area contributed by atoms with Crippen molar-refractivity contribution in [2.75, 3.05) is 51.3 Å². The summed E-state index contributed by atoms with van der Waals surface area (Å²) in [6.45, 7) is -0.550. The first-order valence-corrected chi connectivity index (χ1v) is 13.4. The fourth-order valence-corrected chi connectivity index (χ4v) is 4.38. The van der Waals surface area contributed by atoms with Crippen LogP contribution in [0.2, 0.25) is 0 Å². The fourth-order valence-electron chi connectivity index (χ4n) is 3.43. The molecule has 2 aromatic rings. The minimum atomic E-state index is -1.04. The van der Waals surface area contributed by atoms with Crippen LogP contribution < -0.4 is 15.4 Å². The van der Waals surface area contributed by atoms with Crippen molar-refractivity contribution in [2.24, 2.45) is 0 Å². The molecule has 34 heavy (non-hydrogen) atoms. The van der Waals surface area contributed by atoms with Gasteiger partial charge in [-0.05, 0) is 65.6 Å². The van der Waals surface area contributed by atoms with Crippen LogP contribution in [0.5, 0.6) is 5.75 Å². The SMILES string of the molecule is COc1ccc(C(NC(=O)CN2C(=O)CN(C)C2=O)C(=O)Nc2ccc(S(C)(C)C)cc2)cc1. The normalized spacial score (nSPS) is 15.2. The Hall–Kier alpha value is -3.53. The highest BCUT2D eigenvalue weighted by molar-refractivity contribution is 8.32. The number of nitrogens with zero attached hydrogens (tertiary/aromatic N) is 2. The maximum Gasteiger partial charge on any atom is 0.327 e. The number of likely N-dealkylation sites (N-methyl/N-ethyl adjacent to an activating group) is 1. The maximum absolute atomic E-state index is 13.2. The lowest BCUT2D eigenvalue weighted by Crippen LogP contribution is -2.44. The van der Waals surface area contributed by atoms with E-state index in [2.05, 4.69) is 29.4 Å². The molecule has 0 spiro atoms. The molecule has 1 saturated heterocycles. The highest BCUT2D eigenvalue weighted by atomic mass is 32.3. The van der Waals surface area contributed by atoms with Gasteiger partial charge in [-0.25, -0.2) is 14.8 Å². The number of carbonyl (C=O) groups excluding carboxylic acids is 4. The highest BCUT2D eigenvalue weighted by Gasteiger charge is 2.35. The topological polar surface area (TPSA) is 108 Å². The first kappa shape index (κ1) is 25.1. The van der Waals surface area contributed by atoms with E-state index in [9.17, 15) is 19.2 Å². The van der Waals surface area contributed by atoms with Gasteiger partial charge in [-0.15, -0.1) is 0 Å². The molecule has 0 bridgehead atoms. The number of rotatable bonds is 8. The van der Waals surface area contributed by atoms with Crippen LogP contribution in [-0.2, 0) is 14.4 Å². The summed E-state index contributed by atoms with van der Waals surface area (Å²) in [5.41, 5.74) is 1.12. The van der Waals surface area contributed by atoms with E-state index in [0.29, 0.717) is 17.0 Å². The van der Waals surface area contributed by atoms with E-state index < -0.39 is 46.4 Å². The standard InChI is InChI=1S/C24H30N4O5S/c1-27-15-21(30)28(24(27)32)14-20(29)26-22(16-6-10-18(33-2)11-7-16)23(31)25-17-8-12-19(13-9-17)34(3,4)5/h6-13,22H,14-15H2,1-5H3,(H,25,31)(H,26,29). The quantitative estimate of drug-likeness (QED) is 0.557. The molecule has 10 heteroatoms. The Morgan fingerprint density at radius 1 is 1.03 bits per heavy atom. The summed E-state index contributed by atoms with van der Waals surface area (Å²) in [4.78, 5) is 53.4. The monoisotopic (exact) mass is 486 g/mol. The smallest absolute Gasteiger partial charge is 0.327 e. The van der Waals surface area contributed by atoms with Crippen LogP contribution >= 0.6 is 10.0 Å². The molecule has 5 amide bonds. The van der Waals surface area contributed by atoms with Gasteiger partial charge < -0.3 is 20.3 Å². The number of carbonyl (C=O) groups is 4. The van der Waals surface area contributed by atoms with Crippen LogP contribution in [0.1, 0.15) is 11.6 Å². The summed E-state index contributed by atoms with van der Waals surface area (Å²) in [6, 6.07) is 12.7. The number of imide groups is 1. The molecule has 1 unspecified atom stereocenters. The zero-order chi connectivity index (χ0) is 25.0. The van der Waals surface area contributed by atoms with Gasteiger partial charge in [0.1, 0.15) is 24.9 Å². The van der Waals surface area contributed by atoms with Crippen molar-refractivity contribution < 1.29 is 23.9 Å². The van der Waals surface area contributed by atoms with Gasteiger partial charge in [0.15, 0.2) is 0 Å². The number of hydrogen-bond acceptors (Lipinski definition) is 5. The predicted molar refractivity (Wildman–Crippen MR) is 132 cm³/mol. The van der Waals surface area contributed by atoms with Crippen molar-refractivity contribution in [3.8, 4) is 5.75 Å². The lowest BCUT2D eigenvalue weighted by atomic mass is 10.1. The third kappa shape index (κ3) is 5.88. The van der Waals surface area contributed by atoms with E-state index in [1.165, 1.54) is 24.0 Å². The summed E-state index contributed by atoms with van der Waals surface area (Å²) in [5, 5.41) is 5.50. The number of hydrogen-bond donors (Lipinski definition) is 2. The Labute approximate surface area is 200 Å². The Bertz CT molecular complexity index is 1080. The Balaban J connectivity index is 1.78. The first-order valence-electron chi connectivity index (χ1n) is 10.6. The summed E-state index contributed by atoms with van der Waals surface area (Å²) in [7, 11) is 2.12. The number of nitrogens with one attached hydrogen (secondary N) is 2. The molecule has 1 fully saturated rings. The van der Waals surface area contributed by atoms with Crippen LogP contribution in [0.3, 0.4) is 0 Å². The molecule has 1 aliphatic heterocycles. The molecule has 2 N–H and O–H groups in total. The van der Waals surface area contributed by atoms with Gasteiger partial charge in [-0.1, -0.05) is 12.1 Å². The zero-order valence-electron chi connectivity index (χ0n) is 20.0. The van der Waals surface area contributed by atoms with Gasteiger partial charge in [-0.2, -0.15) is 0 Å². The molecule has 1 atom stereocenters. The summed E-state index contributed by atoms with van der Waals surface area (Å²) >= 11 is 0. The zero-order valence-corrected chi connectivity index (χ0v) is 20.8. The van der Waals surface area contributed by atoms with Crippen molar-refractivity contribution in [3.63, 3.8) is 0 Å². The molecular formula is C24H30N4O5S. The van der Waals surface area contributed by atoms with E-state index in [4.69, 9.17) is 4.74 Å². The number of urea groups is 1. The lowest BCUT2D eigenvalue weighted by molar-refractivity contribution is -0.132. The van der Waals surface area contributed by atoms with Crippen LogP contribution in [-0.4, -0.2) is 79.6 Å². The Morgan fingerprint density at radius 2 is 1.65 bits per heavy atom. The Kier molecular flexibility index (Phi) is 7.51. The molecule has 0 aliphatic carbocycles. The molecule has 9 nitrogen and oxygen atoms in total. The van der Waals surface area contributed by atoms with Gasteiger partial charge in [0, 0.05) is 12.7 Å². The van der Waals surface area contributed by atoms with Crippen molar-refractivity contribution in [2.45, 2.75) is 10.9 Å². The van der Waals surface area contributed by atoms with Gasteiger partial charge in [0.05, 0.1) is 7.11 Å². The molecule has 3 rings (SSSR count). The second-order valence-corrected chi connectivity index (χ2v) is 12.9. The van der Waals surface area contributed by atoms with Gasteiger partial charge in [0.2, 0.25) is 5.91 Å². The summed E-state index contributed by atoms with van der Waals surface area (Å²) in [5.74, 6) is -0.940. The molecular weight excluding hydrogens is 456 g/mol. The van der Waals surface area contributed by atoms with E-state index in [1.54, 1.807) is 24.3 Å². The molecule has 182 valence electrons. The van der Waals surface area contributed by atoms with E-state index >= 15 is 0 Å². The van der Waals surface area contributed by atoms with Crippen molar-refractivity contribution in [1.82, 2.24) is 15.1 Å². The first-order chi connectivity index (χ1) is 16.0. The average Bonchev–Trinajstić information content (AvgIpc) is 3.03. The van der Waals surface area contributed by atoms with Gasteiger partial charge in [0.25, 0.3) is 11.8 Å². The van der Waals surface area contributed by atoms with Crippen molar-refractivity contribution in [3.05, 3.63) is 54.1 Å². The number of anilines is 1. The lowest BCUT2D eigenvalue weighted by Gasteiger charge is -2.26. The molecule has 0 saturated carbocycles. The van der Waals surface area contributed by atoms with E-state index in [0.717, 1.165) is 4.90 Å².